The van der Waals surface area contributed by atoms with Gasteiger partial charge in [-0.25, -0.2) is 0 Å². The Morgan fingerprint density at radius 2 is 0.393 bits per heavy atom. The molecule has 0 aliphatic heterocycles. The highest BCUT2D eigenvalue weighted by molar-refractivity contribution is 6.21. The molecule has 0 aliphatic rings. The maximum atomic E-state index is 2.40. The van der Waals surface area contributed by atoms with Crippen molar-refractivity contribution in [2.45, 2.75) is 160 Å². The molecule has 0 N–H and O–H groups in total. The third-order valence-corrected chi connectivity index (χ3v) is 29.3. The van der Waals surface area contributed by atoms with E-state index in [-0.39, 0.29) is 21.7 Å². The molecule has 0 unspecified atom stereocenters. The predicted molar refractivity (Wildman–Crippen MR) is 618 cm³/mol. The average Bonchev–Trinajstić information content (AvgIpc) is 0.738. The van der Waals surface area contributed by atoms with E-state index in [1.165, 1.54) is 262 Å². The van der Waals surface area contributed by atoms with E-state index in [9.17, 15) is 0 Å². The van der Waals surface area contributed by atoms with Gasteiger partial charge in [0.1, 0.15) is 0 Å². The van der Waals surface area contributed by atoms with Crippen LogP contribution in [-0.4, -0.2) is 0 Å². The zero-order chi connectivity index (χ0) is 97.8. The fourth-order valence-electron chi connectivity index (χ4n) is 22.3. The fourth-order valence-corrected chi connectivity index (χ4v) is 22.3. The van der Waals surface area contributed by atoms with Crippen LogP contribution in [0.1, 0.15) is 150 Å². The Kier molecular flexibility index (Phi) is 25.7. The van der Waals surface area contributed by atoms with Crippen LogP contribution in [-0.2, 0) is 21.7 Å². The van der Waals surface area contributed by atoms with Gasteiger partial charge in [0.2, 0.25) is 0 Å². The zero-order valence-corrected chi connectivity index (χ0v) is 85.3. The second-order valence-corrected chi connectivity index (χ2v) is 42.8. The maximum Gasteiger partial charge on any atom is -0.00204 e. The van der Waals surface area contributed by atoms with Crippen molar-refractivity contribution in [1.82, 2.24) is 0 Å². The highest BCUT2D eigenvalue weighted by atomic mass is 14.3. The molecule has 0 aromatic heterocycles. The average molecular weight is 1810 g/mol. The monoisotopic (exact) mass is 1810 g/mol. The Hall–Kier alpha value is -15.1. The van der Waals surface area contributed by atoms with E-state index in [0.717, 1.165) is 0 Å². The molecule has 688 valence electrons. The highest BCUT2D eigenvalue weighted by Gasteiger charge is 2.29. The van der Waals surface area contributed by atoms with Crippen molar-refractivity contribution in [1.29, 1.82) is 0 Å². The van der Waals surface area contributed by atoms with Gasteiger partial charge < -0.3 is 0 Å². The van der Waals surface area contributed by atoms with Gasteiger partial charge in [-0.1, -0.05) is 495 Å². The normalized spacial score (nSPS) is 11.9. The number of hydrogen-bond acceptors (Lipinski definition) is 0. The van der Waals surface area contributed by atoms with Crippen molar-refractivity contribution >= 4 is 151 Å². The van der Waals surface area contributed by atoms with Crippen LogP contribution in [0.3, 0.4) is 0 Å². The Bertz CT molecular complexity index is 8770. The summed E-state index contributed by atoms with van der Waals surface area (Å²) in [5, 5.41) is 37.8. The Morgan fingerprint density at radius 1 is 0.136 bits per heavy atom. The topological polar surface area (TPSA) is 0 Å². The zero-order valence-electron chi connectivity index (χ0n) is 85.3. The molecule has 0 bridgehead atoms. The summed E-state index contributed by atoms with van der Waals surface area (Å²) in [6.07, 6.45) is 0. The molecule has 0 aliphatic carbocycles. The molecule has 0 atom stereocenters. The first-order valence-electron chi connectivity index (χ1n) is 50.0. The SMILES string of the molecule is Cc1c2ccccc2c(-c2ccc3ccccc3c2)c2ccccc12.Cc1c2ccccc2c(-c2cccc3ccccc23)c2ccccc12.Cc1c2ccccc2c(-c2ccccc2)c2cc(C(C)(C)C)ccc12.Cc1c2ccccc2c(-c2ccccc2)c2ccc(C(C)(C)C)cc12.Cc1ccc2c(C(C)(C)C)c3ccccc3c(C(C)(C)C)c2c1.Cc1ccc2c(C)c3ccccc3c(C)c2c1. The fraction of sp³-hybridized carbons (Fsp3) is 0.171. The van der Waals surface area contributed by atoms with Gasteiger partial charge in [0.25, 0.3) is 0 Å². The minimum absolute atomic E-state index is 0.113. The van der Waals surface area contributed by atoms with E-state index in [2.05, 4.69) is 551 Å². The lowest BCUT2D eigenvalue weighted by Crippen LogP contribution is -2.17. The number of rotatable bonds is 4. The summed E-state index contributed by atoms with van der Waals surface area (Å²) in [6, 6.07) is 150. The standard InChI is InChI=1S/2C25H18.2C25H24.C23H28.C17H16/c1-17-19-11-4-6-14-22(19)25(23-15-7-5-12-20(17)23)24-16-8-10-18-9-2-3-13-21(18)24;1-17-21-10-4-6-12-23(21)25(24-13-7-5-11-22(17)24)20-15-14-18-8-2-3-9-19(18)16-20;1-17-20-12-8-9-13-22(20)24(18-10-6-5-7-11-18)23-16-19(25(2,3)4)14-15-21(17)23;1-17-20-12-8-9-13-21(20)24(18-10-6-5-7-11-18)22-15-14-19(16-23(17)22)25(2,3)4;1-15-12-13-18-19(14-15)21(23(5,6)7)17-11-9-8-10-16(17)20(18)22(2,3)4;1-11-8-9-16-12(2)14-6-4-5-7-15(14)13(3)17(16)10-11/h2*2-16H,1H3;2*5-16H,1-4H3;8-14H,1-7H3;4-10H,1-3H3. The third-order valence-electron chi connectivity index (χ3n) is 29.3. The first-order valence-corrected chi connectivity index (χ1v) is 50.0. The Balaban J connectivity index is 0.000000107. The van der Waals surface area contributed by atoms with Gasteiger partial charge >= 0.3 is 0 Å². The summed E-state index contributed by atoms with van der Waals surface area (Å²) >= 11 is 0. The van der Waals surface area contributed by atoms with E-state index >= 15 is 0 Å². The van der Waals surface area contributed by atoms with Crippen LogP contribution >= 0.6 is 0 Å². The number of benzene rings is 24. The lowest BCUT2D eigenvalue weighted by atomic mass is 9.74. The summed E-state index contributed by atoms with van der Waals surface area (Å²) in [4.78, 5) is 0. The molecule has 0 saturated heterocycles. The quantitative estimate of drug-likeness (QED) is 0.154. The lowest BCUT2D eigenvalue weighted by molar-refractivity contribution is 0.591. The molecule has 0 fully saturated rings. The lowest BCUT2D eigenvalue weighted by Gasteiger charge is -2.30. The molecule has 24 rings (SSSR count). The second-order valence-electron chi connectivity index (χ2n) is 42.8. The van der Waals surface area contributed by atoms with Crippen LogP contribution in [0.25, 0.3) is 195 Å². The summed E-state index contributed by atoms with van der Waals surface area (Å²) < 4.78 is 0. The van der Waals surface area contributed by atoms with Crippen LogP contribution in [0.2, 0.25) is 0 Å². The van der Waals surface area contributed by atoms with Crippen molar-refractivity contribution in [3.8, 4) is 44.5 Å². The van der Waals surface area contributed by atoms with Crippen molar-refractivity contribution < 1.29 is 0 Å². The summed E-state index contributed by atoms with van der Waals surface area (Å²) in [5.74, 6) is 0. The number of hydrogen-bond donors (Lipinski definition) is 0. The smallest absolute Gasteiger partial charge is 0.00204 e. The molecule has 140 heavy (non-hydrogen) atoms. The molecular formula is C140H128. The van der Waals surface area contributed by atoms with E-state index in [4.69, 9.17) is 0 Å². The minimum Gasteiger partial charge on any atom is -0.0622 e. The van der Waals surface area contributed by atoms with Crippen LogP contribution in [0.15, 0.2) is 413 Å². The van der Waals surface area contributed by atoms with Crippen LogP contribution in [0, 0.1) is 55.4 Å². The summed E-state index contributed by atoms with van der Waals surface area (Å²) in [6.45, 7) is 45.4. The summed E-state index contributed by atoms with van der Waals surface area (Å²) in [7, 11) is 0. The molecule has 0 heterocycles. The van der Waals surface area contributed by atoms with Gasteiger partial charge in [-0.2, -0.15) is 0 Å². The first-order chi connectivity index (χ1) is 67.4. The molecule has 0 saturated carbocycles. The van der Waals surface area contributed by atoms with Gasteiger partial charge in [-0.15, -0.1) is 0 Å². The van der Waals surface area contributed by atoms with Gasteiger partial charge in [0, 0.05) is 0 Å². The summed E-state index contributed by atoms with van der Waals surface area (Å²) in [5.41, 5.74) is 27.7. The highest BCUT2D eigenvalue weighted by Crippen LogP contribution is 2.49. The molecule has 0 spiro atoms. The molecule has 0 radical (unpaired) electrons. The number of aryl methyl sites for hydroxylation is 8. The minimum atomic E-state index is 0.113. The van der Waals surface area contributed by atoms with Crippen molar-refractivity contribution in [3.05, 3.63) is 479 Å². The van der Waals surface area contributed by atoms with E-state index < -0.39 is 0 Å². The van der Waals surface area contributed by atoms with E-state index in [1.54, 1.807) is 0 Å². The molecule has 24 aromatic carbocycles. The Labute approximate surface area is 828 Å². The van der Waals surface area contributed by atoms with Crippen molar-refractivity contribution in [2.24, 2.45) is 0 Å². The second kappa shape index (κ2) is 38.4. The molecule has 0 amide bonds. The van der Waals surface area contributed by atoms with Gasteiger partial charge in [-0.3, -0.25) is 0 Å². The molecular weight excluding hydrogens is 1680 g/mol. The molecule has 24 aromatic rings. The van der Waals surface area contributed by atoms with Crippen LogP contribution in [0.5, 0.6) is 0 Å². The van der Waals surface area contributed by atoms with E-state index in [0.29, 0.717) is 0 Å². The van der Waals surface area contributed by atoms with Gasteiger partial charge in [0.05, 0.1) is 0 Å². The largest absolute Gasteiger partial charge is 0.0622 e. The third kappa shape index (κ3) is 18.1. The van der Waals surface area contributed by atoms with E-state index in [1.807, 2.05) is 0 Å². The molecule has 0 heteroatoms. The van der Waals surface area contributed by atoms with Gasteiger partial charge in [-0.05, 0) is 340 Å². The predicted octanol–water partition coefficient (Wildman–Crippen LogP) is 40.6. The maximum absolute atomic E-state index is 2.40. The van der Waals surface area contributed by atoms with Gasteiger partial charge in [0.15, 0.2) is 0 Å². The Morgan fingerprint density at radius 3 is 0.807 bits per heavy atom. The number of fused-ring (bicyclic) bond motifs is 14. The van der Waals surface area contributed by atoms with Crippen molar-refractivity contribution in [2.75, 3.05) is 0 Å². The molecule has 0 nitrogen and oxygen atoms in total. The van der Waals surface area contributed by atoms with Crippen molar-refractivity contribution in [3.63, 3.8) is 0 Å². The van der Waals surface area contributed by atoms with Crippen LogP contribution in [0.4, 0.5) is 0 Å². The van der Waals surface area contributed by atoms with Crippen LogP contribution < -0.4 is 0 Å². The first kappa shape index (κ1) is 93.9.